The lowest BCUT2D eigenvalue weighted by atomic mass is 9.69. The quantitative estimate of drug-likeness (QED) is 0.574. The van der Waals surface area contributed by atoms with Crippen LogP contribution in [0.4, 0.5) is 0 Å². The van der Waals surface area contributed by atoms with Gasteiger partial charge in [-0.2, -0.15) is 0 Å². The molecule has 0 radical (unpaired) electrons. The van der Waals surface area contributed by atoms with Gasteiger partial charge in [-0.15, -0.1) is 0 Å². The van der Waals surface area contributed by atoms with Crippen molar-refractivity contribution in [2.45, 2.75) is 39.0 Å². The highest BCUT2D eigenvalue weighted by Gasteiger charge is 2.43. The number of hydrogen-bond acceptors (Lipinski definition) is 7. The lowest BCUT2D eigenvalue weighted by molar-refractivity contribution is -0.118. The average Bonchev–Trinajstić information content (AvgIpc) is 2.90. The van der Waals surface area contributed by atoms with E-state index in [1.807, 2.05) is 12.1 Å². The minimum absolute atomic E-state index is 0.106. The van der Waals surface area contributed by atoms with E-state index in [1.165, 1.54) is 5.56 Å². The van der Waals surface area contributed by atoms with Gasteiger partial charge in [0.05, 0.1) is 21.3 Å². The standard InChI is InChI=1S/C30H33NO6/c1-30(2)15-22-28(23(32)16-30)20(18-11-26(35-5)29-27(12-18)36-8-9-37-29)13-21-19-14-25(34-4)24(33-3)10-17(19)6-7-31(21)22/h10-14,20H,6-9,15-16H2,1-5H3. The molecule has 2 aromatic rings. The van der Waals surface area contributed by atoms with Gasteiger partial charge in [0.25, 0.3) is 0 Å². The van der Waals surface area contributed by atoms with E-state index in [2.05, 4.69) is 37.0 Å². The first-order valence-electron chi connectivity index (χ1n) is 12.8. The number of methoxy groups -OCH3 is 3. The number of carbonyl (C=O) groups excluding carboxylic acids is 1. The summed E-state index contributed by atoms with van der Waals surface area (Å²) in [4.78, 5) is 16.1. The number of rotatable bonds is 4. The Morgan fingerprint density at radius 1 is 0.919 bits per heavy atom. The molecule has 4 aliphatic rings. The molecule has 6 rings (SSSR count). The third kappa shape index (κ3) is 3.83. The van der Waals surface area contributed by atoms with Crippen LogP contribution in [-0.2, 0) is 11.2 Å². The maximum absolute atomic E-state index is 13.7. The number of Topliss-reactive ketones (excluding diaryl/α,β-unsaturated/α-hetero) is 1. The second-order valence-electron chi connectivity index (χ2n) is 10.8. The Morgan fingerprint density at radius 2 is 1.65 bits per heavy atom. The number of fused-ring (bicyclic) bond motifs is 5. The molecular formula is C30H33NO6. The van der Waals surface area contributed by atoms with Crippen molar-refractivity contribution in [3.63, 3.8) is 0 Å². The van der Waals surface area contributed by atoms with E-state index in [9.17, 15) is 4.79 Å². The second kappa shape index (κ2) is 8.75. The maximum atomic E-state index is 13.7. The first-order chi connectivity index (χ1) is 17.8. The van der Waals surface area contributed by atoms with E-state index in [0.717, 1.165) is 53.2 Å². The Bertz CT molecular complexity index is 1340. The fraction of sp³-hybridized carbons (Fsp3) is 0.433. The van der Waals surface area contributed by atoms with Gasteiger partial charge in [0.1, 0.15) is 13.2 Å². The zero-order chi connectivity index (χ0) is 25.9. The number of ketones is 1. The van der Waals surface area contributed by atoms with Gasteiger partial charge >= 0.3 is 0 Å². The molecule has 1 unspecified atom stereocenters. The highest BCUT2D eigenvalue weighted by Crippen LogP contribution is 2.52. The van der Waals surface area contributed by atoms with E-state index in [-0.39, 0.29) is 17.1 Å². The number of allylic oxidation sites excluding steroid dienone is 3. The van der Waals surface area contributed by atoms with Crippen LogP contribution in [0.2, 0.25) is 0 Å². The van der Waals surface area contributed by atoms with Crippen molar-refractivity contribution in [1.29, 1.82) is 0 Å². The second-order valence-corrected chi connectivity index (χ2v) is 10.8. The van der Waals surface area contributed by atoms with E-state index in [0.29, 0.717) is 42.6 Å². The van der Waals surface area contributed by atoms with Crippen LogP contribution < -0.4 is 23.7 Å². The molecule has 37 heavy (non-hydrogen) atoms. The van der Waals surface area contributed by atoms with Crippen LogP contribution in [0.1, 0.15) is 49.3 Å². The highest BCUT2D eigenvalue weighted by molar-refractivity contribution is 6.01. The van der Waals surface area contributed by atoms with Gasteiger partial charge in [-0.1, -0.05) is 13.8 Å². The van der Waals surface area contributed by atoms with Crippen LogP contribution in [0.5, 0.6) is 28.7 Å². The van der Waals surface area contributed by atoms with Gasteiger partial charge in [-0.25, -0.2) is 0 Å². The molecule has 0 amide bonds. The highest BCUT2D eigenvalue weighted by atomic mass is 16.6. The molecule has 0 fully saturated rings. The molecule has 7 heteroatoms. The van der Waals surface area contributed by atoms with Crippen molar-refractivity contribution in [1.82, 2.24) is 4.90 Å². The lowest BCUT2D eigenvalue weighted by Crippen LogP contribution is -2.40. The van der Waals surface area contributed by atoms with E-state index < -0.39 is 0 Å². The van der Waals surface area contributed by atoms with Gasteiger partial charge < -0.3 is 28.6 Å². The summed E-state index contributed by atoms with van der Waals surface area (Å²) >= 11 is 0. The minimum atomic E-state index is -0.228. The van der Waals surface area contributed by atoms with Crippen LogP contribution in [-0.4, -0.2) is 51.8 Å². The summed E-state index contributed by atoms with van der Waals surface area (Å²) in [5.74, 6) is 3.30. The third-order valence-electron chi connectivity index (χ3n) is 7.85. The predicted molar refractivity (Wildman–Crippen MR) is 140 cm³/mol. The number of nitrogens with zero attached hydrogens (tertiary/aromatic N) is 1. The molecule has 1 atom stereocenters. The lowest BCUT2D eigenvalue weighted by Gasteiger charge is -2.46. The fourth-order valence-corrected chi connectivity index (χ4v) is 6.20. The summed E-state index contributed by atoms with van der Waals surface area (Å²) in [5.41, 5.74) is 6.28. The smallest absolute Gasteiger partial charge is 0.203 e. The Kier molecular flexibility index (Phi) is 5.62. The van der Waals surface area contributed by atoms with Gasteiger partial charge in [0.2, 0.25) is 5.75 Å². The van der Waals surface area contributed by atoms with Gasteiger partial charge in [0, 0.05) is 41.4 Å². The van der Waals surface area contributed by atoms with Crippen LogP contribution in [0.15, 0.2) is 41.6 Å². The SMILES string of the molecule is COc1cc2c(cc1OC)C1=CC(c3cc(OC)c4c(c3)OCCO4)C3=C(CC(C)(C)CC3=O)N1CC2. The molecule has 7 nitrogen and oxygen atoms in total. The molecule has 1 aliphatic carbocycles. The number of carbonyl (C=O) groups is 1. The molecule has 3 heterocycles. The molecule has 194 valence electrons. The Balaban J connectivity index is 1.56. The van der Waals surface area contributed by atoms with Crippen LogP contribution in [0, 0.1) is 5.41 Å². The van der Waals surface area contributed by atoms with Crippen LogP contribution in [0.25, 0.3) is 5.70 Å². The summed E-state index contributed by atoms with van der Waals surface area (Å²) < 4.78 is 28.7. The van der Waals surface area contributed by atoms with Gasteiger partial charge in [0.15, 0.2) is 28.8 Å². The Hall–Kier alpha value is -3.61. The summed E-state index contributed by atoms with van der Waals surface area (Å²) in [6.07, 6.45) is 4.46. The van der Waals surface area contributed by atoms with Crippen molar-refractivity contribution >= 4 is 11.5 Å². The van der Waals surface area contributed by atoms with Crippen LogP contribution in [0.3, 0.4) is 0 Å². The van der Waals surface area contributed by atoms with E-state index >= 15 is 0 Å². The normalized spacial score (nSPS) is 21.4. The molecule has 0 aromatic heterocycles. The molecule has 3 aliphatic heterocycles. The van der Waals surface area contributed by atoms with Crippen molar-refractivity contribution in [2.24, 2.45) is 5.41 Å². The van der Waals surface area contributed by atoms with Crippen molar-refractivity contribution < 1.29 is 28.5 Å². The van der Waals surface area contributed by atoms with Gasteiger partial charge in [-0.05, 0) is 59.7 Å². The van der Waals surface area contributed by atoms with Crippen molar-refractivity contribution in [3.05, 3.63) is 58.3 Å². The molecule has 0 bridgehead atoms. The monoisotopic (exact) mass is 503 g/mol. The first kappa shape index (κ1) is 23.8. The molecule has 0 saturated carbocycles. The summed E-state index contributed by atoms with van der Waals surface area (Å²) in [5, 5.41) is 0. The molecule has 0 spiro atoms. The third-order valence-corrected chi connectivity index (χ3v) is 7.85. The molecule has 2 aromatic carbocycles. The summed E-state index contributed by atoms with van der Waals surface area (Å²) in [6.45, 7) is 6.14. The Morgan fingerprint density at radius 3 is 2.41 bits per heavy atom. The zero-order valence-electron chi connectivity index (χ0n) is 22.1. The van der Waals surface area contributed by atoms with Crippen LogP contribution >= 0.6 is 0 Å². The number of benzene rings is 2. The Labute approximate surface area is 217 Å². The average molecular weight is 504 g/mol. The minimum Gasteiger partial charge on any atom is -0.493 e. The van der Waals surface area contributed by atoms with E-state index in [1.54, 1.807) is 21.3 Å². The fourth-order valence-electron chi connectivity index (χ4n) is 6.20. The zero-order valence-corrected chi connectivity index (χ0v) is 22.1. The molecular weight excluding hydrogens is 470 g/mol. The molecule has 0 N–H and O–H groups in total. The first-order valence-corrected chi connectivity index (χ1v) is 12.8. The predicted octanol–water partition coefficient (Wildman–Crippen LogP) is 5.12. The largest absolute Gasteiger partial charge is 0.493 e. The summed E-state index contributed by atoms with van der Waals surface area (Å²) in [6, 6.07) is 8.13. The number of hydrogen-bond donors (Lipinski definition) is 0. The van der Waals surface area contributed by atoms with Crippen molar-refractivity contribution in [3.8, 4) is 28.7 Å². The van der Waals surface area contributed by atoms with Crippen molar-refractivity contribution in [2.75, 3.05) is 41.1 Å². The molecule has 0 saturated heterocycles. The van der Waals surface area contributed by atoms with E-state index in [4.69, 9.17) is 23.7 Å². The summed E-state index contributed by atoms with van der Waals surface area (Å²) in [7, 11) is 4.96. The number of ether oxygens (including phenoxy) is 5. The maximum Gasteiger partial charge on any atom is 0.203 e. The van der Waals surface area contributed by atoms with Gasteiger partial charge in [-0.3, -0.25) is 4.79 Å². The topological polar surface area (TPSA) is 66.5 Å².